The van der Waals surface area contributed by atoms with Crippen LogP contribution >= 0.6 is 0 Å². The molecule has 158 valence electrons. The standard InChI is InChI=1S/C23H28F3NO2/c1-5-21(6-2,17-9-11-19(12-10-17)23(24,25)26)22(7-3,8-4)18-13-15-20(16-14-18)27(28)29/h9-16H,5-8H2,1-4H3. The van der Waals surface area contributed by atoms with E-state index in [0.717, 1.165) is 48.9 Å². The second kappa shape index (κ2) is 8.56. The Morgan fingerprint density at radius 3 is 1.28 bits per heavy atom. The van der Waals surface area contributed by atoms with Gasteiger partial charge in [-0.2, -0.15) is 13.2 Å². The molecule has 0 radical (unpaired) electrons. The van der Waals surface area contributed by atoms with Gasteiger partial charge in [0.2, 0.25) is 0 Å². The number of hydrogen-bond acceptors (Lipinski definition) is 2. The van der Waals surface area contributed by atoms with Gasteiger partial charge in [0.15, 0.2) is 0 Å². The number of rotatable bonds is 8. The van der Waals surface area contributed by atoms with Crippen molar-refractivity contribution in [3.8, 4) is 0 Å². The van der Waals surface area contributed by atoms with Crippen molar-refractivity contribution in [2.24, 2.45) is 0 Å². The molecule has 3 nitrogen and oxygen atoms in total. The van der Waals surface area contributed by atoms with E-state index < -0.39 is 22.1 Å². The second-order valence-electron chi connectivity index (χ2n) is 7.46. The first-order chi connectivity index (χ1) is 13.6. The minimum Gasteiger partial charge on any atom is -0.258 e. The Morgan fingerprint density at radius 1 is 0.690 bits per heavy atom. The molecule has 2 aromatic carbocycles. The second-order valence-corrected chi connectivity index (χ2v) is 7.46. The SMILES string of the molecule is CCC(CC)(c1ccc([N+](=O)[O-])cc1)C(CC)(CC)c1ccc(C(F)(F)F)cc1. The zero-order chi connectivity index (χ0) is 21.9. The molecule has 0 aliphatic carbocycles. The van der Waals surface area contributed by atoms with Crippen LogP contribution in [0.25, 0.3) is 0 Å². The highest BCUT2D eigenvalue weighted by Gasteiger charge is 2.49. The van der Waals surface area contributed by atoms with Crippen molar-refractivity contribution < 1.29 is 18.1 Å². The maximum absolute atomic E-state index is 13.1. The molecule has 0 amide bonds. The number of nitrogens with zero attached hydrogens (tertiary/aromatic N) is 1. The number of halogens is 3. The summed E-state index contributed by atoms with van der Waals surface area (Å²) >= 11 is 0. The maximum atomic E-state index is 13.1. The van der Waals surface area contributed by atoms with E-state index in [9.17, 15) is 23.3 Å². The van der Waals surface area contributed by atoms with Crippen LogP contribution in [-0.4, -0.2) is 4.92 Å². The van der Waals surface area contributed by atoms with Crippen LogP contribution in [0.2, 0.25) is 0 Å². The summed E-state index contributed by atoms with van der Waals surface area (Å²) in [5.74, 6) is 0. The molecule has 2 aromatic rings. The fourth-order valence-electron chi connectivity index (χ4n) is 5.10. The Morgan fingerprint density at radius 2 is 1.00 bits per heavy atom. The minimum atomic E-state index is -4.37. The van der Waals surface area contributed by atoms with E-state index in [2.05, 4.69) is 27.7 Å². The zero-order valence-electron chi connectivity index (χ0n) is 17.3. The van der Waals surface area contributed by atoms with Crippen molar-refractivity contribution in [1.82, 2.24) is 0 Å². The van der Waals surface area contributed by atoms with Gasteiger partial charge >= 0.3 is 6.18 Å². The Bertz CT molecular complexity index is 819. The fraction of sp³-hybridized carbons (Fsp3) is 0.478. The van der Waals surface area contributed by atoms with Gasteiger partial charge in [0.05, 0.1) is 10.5 Å². The summed E-state index contributed by atoms with van der Waals surface area (Å²) in [6.45, 7) is 8.28. The Kier molecular flexibility index (Phi) is 6.76. The molecule has 0 atom stereocenters. The molecule has 0 fully saturated rings. The number of non-ortho nitro benzene ring substituents is 1. The van der Waals surface area contributed by atoms with Gasteiger partial charge in [0, 0.05) is 23.0 Å². The quantitative estimate of drug-likeness (QED) is 0.337. The summed E-state index contributed by atoms with van der Waals surface area (Å²) in [6.07, 6.45) is -1.35. The summed E-state index contributed by atoms with van der Waals surface area (Å²) in [5, 5.41) is 11.1. The predicted molar refractivity (Wildman–Crippen MR) is 109 cm³/mol. The molecule has 0 aromatic heterocycles. The molecular formula is C23H28F3NO2. The van der Waals surface area contributed by atoms with Crippen LogP contribution in [-0.2, 0) is 17.0 Å². The number of nitro benzene ring substituents is 1. The van der Waals surface area contributed by atoms with Crippen LogP contribution in [0.3, 0.4) is 0 Å². The van der Waals surface area contributed by atoms with Crippen molar-refractivity contribution in [2.45, 2.75) is 70.4 Å². The Balaban J connectivity index is 2.68. The van der Waals surface area contributed by atoms with E-state index >= 15 is 0 Å². The normalized spacial score (nSPS) is 12.8. The lowest BCUT2D eigenvalue weighted by Crippen LogP contribution is -2.48. The van der Waals surface area contributed by atoms with Crippen LogP contribution in [0.15, 0.2) is 48.5 Å². The summed E-state index contributed by atoms with van der Waals surface area (Å²) < 4.78 is 39.2. The fourth-order valence-corrected chi connectivity index (χ4v) is 5.10. The molecule has 0 aliphatic rings. The van der Waals surface area contributed by atoms with E-state index in [0.29, 0.717) is 0 Å². The highest BCUT2D eigenvalue weighted by atomic mass is 19.4. The summed E-state index contributed by atoms with van der Waals surface area (Å²) in [6, 6.07) is 12.1. The first-order valence-electron chi connectivity index (χ1n) is 10.0. The van der Waals surface area contributed by atoms with Gasteiger partial charge in [-0.05, 0) is 48.9 Å². The molecule has 0 heterocycles. The monoisotopic (exact) mass is 407 g/mol. The lowest BCUT2D eigenvalue weighted by atomic mass is 9.52. The van der Waals surface area contributed by atoms with Gasteiger partial charge < -0.3 is 0 Å². The lowest BCUT2D eigenvalue weighted by molar-refractivity contribution is -0.384. The highest BCUT2D eigenvalue weighted by Crippen LogP contribution is 2.53. The average Bonchev–Trinajstić information content (AvgIpc) is 2.72. The smallest absolute Gasteiger partial charge is 0.258 e. The van der Waals surface area contributed by atoms with Crippen molar-refractivity contribution in [3.63, 3.8) is 0 Å². The largest absolute Gasteiger partial charge is 0.416 e. The zero-order valence-corrected chi connectivity index (χ0v) is 17.3. The van der Waals surface area contributed by atoms with Gasteiger partial charge in [0.1, 0.15) is 0 Å². The Hall–Kier alpha value is -2.37. The summed E-state index contributed by atoms with van der Waals surface area (Å²) in [4.78, 5) is 10.6. The molecular weight excluding hydrogens is 379 g/mol. The number of alkyl halides is 3. The number of hydrogen-bond donors (Lipinski definition) is 0. The maximum Gasteiger partial charge on any atom is 0.416 e. The van der Waals surface area contributed by atoms with Crippen molar-refractivity contribution >= 4 is 5.69 Å². The minimum absolute atomic E-state index is 0.0305. The average molecular weight is 407 g/mol. The van der Waals surface area contributed by atoms with Crippen LogP contribution < -0.4 is 0 Å². The van der Waals surface area contributed by atoms with Gasteiger partial charge in [-0.25, -0.2) is 0 Å². The molecule has 2 rings (SSSR count). The van der Waals surface area contributed by atoms with Crippen molar-refractivity contribution in [2.75, 3.05) is 0 Å². The molecule has 0 N–H and O–H groups in total. The van der Waals surface area contributed by atoms with E-state index in [1.807, 2.05) is 0 Å². The molecule has 29 heavy (non-hydrogen) atoms. The van der Waals surface area contributed by atoms with E-state index in [1.54, 1.807) is 24.3 Å². The molecule has 0 unspecified atom stereocenters. The topological polar surface area (TPSA) is 43.1 Å². The van der Waals surface area contributed by atoms with Gasteiger partial charge in [0.25, 0.3) is 5.69 Å². The van der Waals surface area contributed by atoms with Crippen LogP contribution in [0, 0.1) is 10.1 Å². The van der Waals surface area contributed by atoms with E-state index in [-0.39, 0.29) is 11.1 Å². The van der Waals surface area contributed by atoms with Gasteiger partial charge in [-0.1, -0.05) is 52.0 Å². The molecule has 0 bridgehead atoms. The predicted octanol–water partition coefficient (Wildman–Crippen LogP) is 7.43. The molecule has 0 aliphatic heterocycles. The van der Waals surface area contributed by atoms with Crippen LogP contribution in [0.4, 0.5) is 18.9 Å². The van der Waals surface area contributed by atoms with Crippen molar-refractivity contribution in [1.29, 1.82) is 0 Å². The summed E-state index contributed by atoms with van der Waals surface area (Å²) in [5.41, 5.74) is 0.482. The van der Waals surface area contributed by atoms with E-state index in [1.165, 1.54) is 12.1 Å². The van der Waals surface area contributed by atoms with Gasteiger partial charge in [-0.3, -0.25) is 10.1 Å². The number of nitro groups is 1. The number of benzene rings is 2. The Labute approximate surface area is 170 Å². The third-order valence-electron chi connectivity index (χ3n) is 6.73. The van der Waals surface area contributed by atoms with E-state index in [4.69, 9.17) is 0 Å². The van der Waals surface area contributed by atoms with Gasteiger partial charge in [-0.15, -0.1) is 0 Å². The molecule has 6 heteroatoms. The molecule has 0 spiro atoms. The first kappa shape index (κ1) is 22.9. The lowest BCUT2D eigenvalue weighted by Gasteiger charge is -2.51. The molecule has 0 saturated carbocycles. The molecule has 0 saturated heterocycles. The van der Waals surface area contributed by atoms with Crippen molar-refractivity contribution in [3.05, 3.63) is 75.3 Å². The van der Waals surface area contributed by atoms with Crippen LogP contribution in [0.1, 0.15) is 70.1 Å². The van der Waals surface area contributed by atoms with Crippen LogP contribution in [0.5, 0.6) is 0 Å². The highest BCUT2D eigenvalue weighted by molar-refractivity contribution is 5.43. The third kappa shape index (κ3) is 3.89. The summed E-state index contributed by atoms with van der Waals surface area (Å²) in [7, 11) is 0. The first-order valence-corrected chi connectivity index (χ1v) is 10.0. The third-order valence-corrected chi connectivity index (χ3v) is 6.73.